The maximum atomic E-state index is 13.0. The molecule has 0 saturated heterocycles. The molecule has 0 radical (unpaired) electrons. The van der Waals surface area contributed by atoms with Crippen molar-refractivity contribution in [2.45, 2.75) is 82.1 Å². The van der Waals surface area contributed by atoms with Gasteiger partial charge in [-0.2, -0.15) is 0 Å². The molecule has 4 rings (SSSR count). The maximum absolute atomic E-state index is 13.0. The number of isocyanates is 2. The third-order valence-electron chi connectivity index (χ3n) is 7.33. The molecule has 3 fully saturated rings. The number of nitrogens with zero attached hydrogens (tertiary/aromatic N) is 2. The zero-order valence-corrected chi connectivity index (χ0v) is 17.5. The number of ether oxygens (including phenoxy) is 2. The first-order valence-corrected chi connectivity index (χ1v) is 11.3. The van der Waals surface area contributed by atoms with Crippen LogP contribution in [0.15, 0.2) is 22.1 Å². The number of hydrogen-bond donors (Lipinski definition) is 0. The van der Waals surface area contributed by atoms with E-state index in [0.717, 1.165) is 6.42 Å². The minimum Gasteiger partial charge on any atom is -0.462 e. The average Bonchev–Trinajstić information content (AvgIpc) is 3.39. The van der Waals surface area contributed by atoms with Crippen molar-refractivity contribution < 1.29 is 28.7 Å². The summed E-state index contributed by atoms with van der Waals surface area (Å²) < 4.78 is 11.6. The quantitative estimate of drug-likeness (QED) is 0.278. The van der Waals surface area contributed by atoms with E-state index in [9.17, 15) is 19.2 Å². The molecule has 166 valence electrons. The molecule has 0 aromatic carbocycles. The first-order valence-electron chi connectivity index (χ1n) is 11.3. The average molecular weight is 428 g/mol. The molecule has 3 saturated carbocycles. The van der Waals surface area contributed by atoms with Crippen molar-refractivity contribution in [2.75, 3.05) is 0 Å². The fourth-order valence-electron chi connectivity index (χ4n) is 5.68. The van der Waals surface area contributed by atoms with E-state index >= 15 is 0 Å². The molecule has 31 heavy (non-hydrogen) atoms. The zero-order valence-electron chi connectivity index (χ0n) is 17.5. The van der Waals surface area contributed by atoms with Gasteiger partial charge in [0.15, 0.2) is 0 Å². The normalized spacial score (nSPS) is 38.6. The van der Waals surface area contributed by atoms with E-state index in [1.807, 2.05) is 12.2 Å². The van der Waals surface area contributed by atoms with E-state index in [2.05, 4.69) is 9.98 Å². The van der Waals surface area contributed by atoms with E-state index in [4.69, 9.17) is 9.47 Å². The molecule has 0 N–H and O–H groups in total. The highest BCUT2D eigenvalue weighted by Crippen LogP contribution is 2.49. The highest BCUT2D eigenvalue weighted by atomic mass is 16.6. The second kappa shape index (κ2) is 9.71. The number of carbonyl (C=O) groups is 2. The van der Waals surface area contributed by atoms with Crippen LogP contribution in [0.25, 0.3) is 0 Å². The van der Waals surface area contributed by atoms with Gasteiger partial charge in [0.25, 0.3) is 0 Å². The molecule has 0 aromatic heterocycles. The van der Waals surface area contributed by atoms with Crippen LogP contribution in [0, 0.1) is 23.7 Å². The van der Waals surface area contributed by atoms with Crippen molar-refractivity contribution >= 4 is 24.1 Å². The Hall–Kier alpha value is -2.56. The number of carbonyl (C=O) groups excluding carboxylic acids is 4. The smallest absolute Gasteiger partial charge is 0.310 e. The molecular formula is C23H28N2O6. The SMILES string of the molecule is O=C=NC1CCC(OC(=O)C2C3C=CC(C3)C2C(=O)OC2CCC(N=C=O)CC2)CC1. The van der Waals surface area contributed by atoms with Crippen molar-refractivity contribution in [3.63, 3.8) is 0 Å². The van der Waals surface area contributed by atoms with Gasteiger partial charge in [-0.25, -0.2) is 19.6 Å². The van der Waals surface area contributed by atoms with Gasteiger partial charge in [-0.3, -0.25) is 9.59 Å². The van der Waals surface area contributed by atoms with Gasteiger partial charge in [0.2, 0.25) is 12.2 Å². The highest BCUT2D eigenvalue weighted by Gasteiger charge is 2.53. The van der Waals surface area contributed by atoms with Gasteiger partial charge in [-0.15, -0.1) is 0 Å². The molecule has 4 atom stereocenters. The Labute approximate surface area is 181 Å². The van der Waals surface area contributed by atoms with Crippen LogP contribution in [0.1, 0.15) is 57.8 Å². The summed E-state index contributed by atoms with van der Waals surface area (Å²) in [7, 11) is 0. The summed E-state index contributed by atoms with van der Waals surface area (Å²) in [5.41, 5.74) is 0. The number of aliphatic imine (C=N–C) groups is 2. The Morgan fingerprint density at radius 1 is 0.677 bits per heavy atom. The third-order valence-corrected chi connectivity index (χ3v) is 7.33. The molecule has 0 spiro atoms. The Balaban J connectivity index is 1.33. The van der Waals surface area contributed by atoms with Gasteiger partial charge < -0.3 is 9.47 Å². The largest absolute Gasteiger partial charge is 0.462 e. The monoisotopic (exact) mass is 428 g/mol. The van der Waals surface area contributed by atoms with Gasteiger partial charge >= 0.3 is 11.9 Å². The molecule has 0 aliphatic heterocycles. The van der Waals surface area contributed by atoms with Gasteiger partial charge in [0.1, 0.15) is 12.2 Å². The first-order chi connectivity index (χ1) is 15.1. The standard InChI is InChI=1S/C23H28N2O6/c26-12-24-16-3-7-18(8-4-16)30-22(28)20-14-1-2-15(11-14)21(20)23(29)31-19-9-5-17(6-10-19)25-13-27/h1-2,14-21H,3-11H2. The molecule has 4 aliphatic rings. The molecule has 4 unspecified atom stereocenters. The van der Waals surface area contributed by atoms with Crippen LogP contribution in [0.5, 0.6) is 0 Å². The van der Waals surface area contributed by atoms with Crippen LogP contribution in [0.4, 0.5) is 0 Å². The predicted octanol–water partition coefficient (Wildman–Crippen LogP) is 2.81. The summed E-state index contributed by atoms with van der Waals surface area (Å²) in [4.78, 5) is 54.4. The lowest BCUT2D eigenvalue weighted by Crippen LogP contribution is -2.39. The number of allylic oxidation sites excluding steroid dienone is 2. The lowest BCUT2D eigenvalue weighted by molar-refractivity contribution is -0.169. The maximum Gasteiger partial charge on any atom is 0.310 e. The molecular weight excluding hydrogens is 400 g/mol. The van der Waals surface area contributed by atoms with Crippen LogP contribution in [0.3, 0.4) is 0 Å². The third kappa shape index (κ3) is 4.86. The number of rotatable bonds is 6. The van der Waals surface area contributed by atoms with E-state index in [1.165, 1.54) is 0 Å². The molecule has 8 heteroatoms. The van der Waals surface area contributed by atoms with Crippen molar-refractivity contribution in [2.24, 2.45) is 33.7 Å². The minimum atomic E-state index is -0.496. The second-order valence-electron chi connectivity index (χ2n) is 9.18. The minimum absolute atomic E-state index is 0.0173. The summed E-state index contributed by atoms with van der Waals surface area (Å²) in [5, 5.41) is 0. The Bertz CT molecular complexity index is 746. The van der Waals surface area contributed by atoms with E-state index in [0.29, 0.717) is 51.4 Å². The summed E-state index contributed by atoms with van der Waals surface area (Å²) in [6.07, 6.45) is 13.1. The topological polar surface area (TPSA) is 111 Å². The van der Waals surface area contributed by atoms with Crippen LogP contribution < -0.4 is 0 Å². The number of hydrogen-bond acceptors (Lipinski definition) is 8. The molecule has 8 nitrogen and oxygen atoms in total. The fraction of sp³-hybridized carbons (Fsp3) is 0.739. The van der Waals surface area contributed by atoms with Gasteiger partial charge in [0.05, 0.1) is 23.9 Å². The molecule has 4 aliphatic carbocycles. The van der Waals surface area contributed by atoms with Crippen molar-refractivity contribution in [1.29, 1.82) is 0 Å². The second-order valence-corrected chi connectivity index (χ2v) is 9.18. The summed E-state index contributed by atoms with van der Waals surface area (Å²) in [5.74, 6) is -1.59. The zero-order chi connectivity index (χ0) is 21.8. The van der Waals surface area contributed by atoms with E-state index < -0.39 is 11.8 Å². The van der Waals surface area contributed by atoms with Crippen molar-refractivity contribution in [3.8, 4) is 0 Å². The van der Waals surface area contributed by atoms with Crippen LogP contribution >= 0.6 is 0 Å². The molecule has 0 heterocycles. The van der Waals surface area contributed by atoms with Crippen molar-refractivity contribution in [1.82, 2.24) is 0 Å². The van der Waals surface area contributed by atoms with Crippen LogP contribution in [-0.2, 0) is 28.7 Å². The summed E-state index contributed by atoms with van der Waals surface area (Å²) in [6.45, 7) is 0. The van der Waals surface area contributed by atoms with Crippen LogP contribution in [0.2, 0.25) is 0 Å². The highest BCUT2D eigenvalue weighted by molar-refractivity contribution is 5.84. The van der Waals surface area contributed by atoms with Gasteiger partial charge in [-0.05, 0) is 69.6 Å². The lowest BCUT2D eigenvalue weighted by atomic mass is 9.82. The molecule has 0 aromatic rings. The molecule has 2 bridgehead atoms. The first kappa shape index (κ1) is 21.7. The van der Waals surface area contributed by atoms with Crippen LogP contribution in [-0.4, -0.2) is 48.4 Å². The van der Waals surface area contributed by atoms with Crippen molar-refractivity contribution in [3.05, 3.63) is 12.2 Å². The number of fused-ring (bicyclic) bond motifs is 2. The Morgan fingerprint density at radius 3 is 1.42 bits per heavy atom. The summed E-state index contributed by atoms with van der Waals surface area (Å²) in [6, 6.07) is -0.0687. The van der Waals surface area contributed by atoms with E-state index in [-0.39, 0.29) is 48.1 Å². The predicted molar refractivity (Wildman–Crippen MR) is 108 cm³/mol. The van der Waals surface area contributed by atoms with Gasteiger partial charge in [0, 0.05) is 0 Å². The Kier molecular flexibility index (Phi) is 6.79. The van der Waals surface area contributed by atoms with E-state index in [1.54, 1.807) is 12.2 Å². The summed E-state index contributed by atoms with van der Waals surface area (Å²) >= 11 is 0. The lowest BCUT2D eigenvalue weighted by Gasteiger charge is -2.31. The fourth-order valence-corrected chi connectivity index (χ4v) is 5.68. The van der Waals surface area contributed by atoms with Gasteiger partial charge in [-0.1, -0.05) is 12.2 Å². The number of esters is 2. The molecule has 0 amide bonds. The Morgan fingerprint density at radius 2 is 1.06 bits per heavy atom.